The normalized spacial score (nSPS) is 42.2. The van der Waals surface area contributed by atoms with Crippen LogP contribution in [0.25, 0.3) is 0 Å². The second-order valence-electron chi connectivity index (χ2n) is 13.4. The van der Waals surface area contributed by atoms with Crippen LogP contribution in [0.3, 0.4) is 0 Å². The lowest BCUT2D eigenvalue weighted by Crippen LogP contribution is -2.57. The molecule has 4 rings (SSSR count). The zero-order valence-electron chi connectivity index (χ0n) is 22.3. The summed E-state index contributed by atoms with van der Waals surface area (Å²) in [6.45, 7) is 15.5. The van der Waals surface area contributed by atoms with Crippen molar-refractivity contribution in [2.45, 2.75) is 99.8 Å². The fourth-order valence-electron chi connectivity index (χ4n) is 9.29. The molecular weight excluding hydrogens is 424 g/mol. The van der Waals surface area contributed by atoms with E-state index in [2.05, 4.69) is 47.6 Å². The molecule has 0 saturated heterocycles. The summed E-state index contributed by atoms with van der Waals surface area (Å²) in [5.74, 6) is 0.993. The van der Waals surface area contributed by atoms with Crippen molar-refractivity contribution in [1.82, 2.24) is 0 Å². The van der Waals surface area contributed by atoms with E-state index in [0.29, 0.717) is 36.4 Å². The maximum atomic E-state index is 12.8. The Balaban J connectivity index is 1.61. The fraction of sp³-hybridized carbons (Fsp3) is 0.767. The number of allylic oxidation sites excluding steroid dienone is 3. The molecule has 0 aromatic rings. The largest absolute Gasteiger partial charge is 0.478 e. The van der Waals surface area contributed by atoms with Crippen LogP contribution in [0.1, 0.15) is 99.8 Å². The number of carboxylic acid groups (broad SMARTS) is 1. The van der Waals surface area contributed by atoms with E-state index in [0.717, 1.165) is 32.1 Å². The molecule has 4 nitrogen and oxygen atoms in total. The van der Waals surface area contributed by atoms with Gasteiger partial charge in [-0.2, -0.15) is 0 Å². The summed E-state index contributed by atoms with van der Waals surface area (Å²) in [5.41, 5.74) is 1.97. The first-order chi connectivity index (χ1) is 15.7. The smallest absolute Gasteiger partial charge is 0.331 e. The van der Waals surface area contributed by atoms with Gasteiger partial charge in [-0.3, -0.25) is 9.59 Å². The zero-order chi connectivity index (χ0) is 25.3. The van der Waals surface area contributed by atoms with Crippen LogP contribution < -0.4 is 0 Å². The van der Waals surface area contributed by atoms with Gasteiger partial charge in [0.15, 0.2) is 5.78 Å². The average molecular weight is 469 g/mol. The quantitative estimate of drug-likeness (QED) is 0.356. The minimum Gasteiger partial charge on any atom is -0.478 e. The number of rotatable bonds is 5. The topological polar surface area (TPSA) is 71.4 Å². The number of ketones is 2. The van der Waals surface area contributed by atoms with Crippen molar-refractivity contribution in [2.24, 2.45) is 45.3 Å². The van der Waals surface area contributed by atoms with Crippen LogP contribution in [0, 0.1) is 45.3 Å². The molecule has 0 heterocycles. The molecule has 0 aliphatic heterocycles. The number of carboxylic acids is 1. The number of hydrogen-bond donors (Lipinski definition) is 1. The molecule has 4 aliphatic carbocycles. The van der Waals surface area contributed by atoms with E-state index in [-0.39, 0.29) is 38.9 Å². The van der Waals surface area contributed by atoms with Crippen LogP contribution in [-0.4, -0.2) is 22.6 Å². The summed E-state index contributed by atoms with van der Waals surface area (Å²) in [4.78, 5) is 36.5. The SMILES string of the molecule is C/C(=C\C(=O)C[C@@H](C)[C@H]1CC[C@@]2(C)C3=CC[C@H]4C(C)(C)C(=O)CC[C@]4(C)[C@@H]3CC[C@]12C)C(=O)O. The average Bonchev–Trinajstić information content (AvgIpc) is 3.02. The van der Waals surface area contributed by atoms with Crippen molar-refractivity contribution in [1.29, 1.82) is 0 Å². The number of aliphatic carboxylic acids is 1. The Morgan fingerprint density at radius 2 is 1.79 bits per heavy atom. The molecular formula is C30H44O4. The highest BCUT2D eigenvalue weighted by Crippen LogP contribution is 2.73. The molecule has 0 bridgehead atoms. The van der Waals surface area contributed by atoms with Gasteiger partial charge >= 0.3 is 5.97 Å². The van der Waals surface area contributed by atoms with E-state index in [1.54, 1.807) is 5.57 Å². The van der Waals surface area contributed by atoms with E-state index >= 15 is 0 Å². The van der Waals surface area contributed by atoms with Crippen molar-refractivity contribution in [3.05, 3.63) is 23.3 Å². The summed E-state index contributed by atoms with van der Waals surface area (Å²) in [5, 5.41) is 9.12. The van der Waals surface area contributed by atoms with Gasteiger partial charge in [0, 0.05) is 23.8 Å². The maximum Gasteiger partial charge on any atom is 0.331 e. The highest BCUT2D eigenvalue weighted by Gasteiger charge is 2.65. The molecule has 3 fully saturated rings. The minimum atomic E-state index is -1.02. The first-order valence-corrected chi connectivity index (χ1v) is 13.4. The third kappa shape index (κ3) is 3.49. The van der Waals surface area contributed by atoms with Crippen molar-refractivity contribution in [3.8, 4) is 0 Å². The van der Waals surface area contributed by atoms with Gasteiger partial charge in [-0.25, -0.2) is 4.79 Å². The number of hydrogen-bond acceptors (Lipinski definition) is 3. The molecule has 0 aromatic heterocycles. The first kappa shape index (κ1) is 25.4. The molecule has 0 unspecified atom stereocenters. The third-order valence-electron chi connectivity index (χ3n) is 11.6. The van der Waals surface area contributed by atoms with Crippen LogP contribution in [0.5, 0.6) is 0 Å². The Kier molecular flexibility index (Phi) is 6.10. The standard InChI is InChI=1S/C30H44O4/c1-18(16-20(31)17-19(2)26(33)34)21-10-14-30(7)23-8-9-24-27(3,4)25(32)12-13-28(24,5)22(23)11-15-29(21,30)6/h8,17-18,21-22,24H,9-16H2,1-7H3,(H,33,34)/b19-17+/t18-,21-,22-,24+,28-,29-,30+/m1/s1. The highest BCUT2D eigenvalue weighted by atomic mass is 16.4. The second-order valence-corrected chi connectivity index (χ2v) is 13.4. The monoisotopic (exact) mass is 468 g/mol. The molecule has 188 valence electrons. The van der Waals surface area contributed by atoms with Crippen molar-refractivity contribution >= 4 is 17.5 Å². The molecule has 4 heteroatoms. The zero-order valence-corrected chi connectivity index (χ0v) is 22.3. The summed E-state index contributed by atoms with van der Waals surface area (Å²) in [7, 11) is 0. The van der Waals surface area contributed by atoms with Gasteiger partial charge in [0.2, 0.25) is 0 Å². The number of carbonyl (C=O) groups is 3. The third-order valence-corrected chi connectivity index (χ3v) is 11.6. The molecule has 4 aliphatic rings. The molecule has 0 amide bonds. The molecule has 34 heavy (non-hydrogen) atoms. The number of carbonyl (C=O) groups excluding carboxylic acids is 2. The van der Waals surface area contributed by atoms with Gasteiger partial charge < -0.3 is 5.11 Å². The number of fused-ring (bicyclic) bond motifs is 5. The fourth-order valence-corrected chi connectivity index (χ4v) is 9.29. The van der Waals surface area contributed by atoms with Gasteiger partial charge in [0.1, 0.15) is 5.78 Å². The highest BCUT2D eigenvalue weighted by molar-refractivity contribution is 5.98. The van der Waals surface area contributed by atoms with Gasteiger partial charge in [0.05, 0.1) is 0 Å². The Labute approximate surface area is 205 Å². The van der Waals surface area contributed by atoms with Crippen LogP contribution >= 0.6 is 0 Å². The summed E-state index contributed by atoms with van der Waals surface area (Å²) < 4.78 is 0. The van der Waals surface area contributed by atoms with E-state index in [1.807, 2.05) is 0 Å². The molecule has 0 radical (unpaired) electrons. The van der Waals surface area contributed by atoms with Crippen molar-refractivity contribution < 1.29 is 19.5 Å². The molecule has 0 aromatic carbocycles. The van der Waals surface area contributed by atoms with E-state index in [1.165, 1.54) is 19.4 Å². The van der Waals surface area contributed by atoms with Crippen LogP contribution in [0.15, 0.2) is 23.3 Å². The van der Waals surface area contributed by atoms with Gasteiger partial charge in [-0.05, 0) is 91.4 Å². The molecule has 7 atom stereocenters. The lowest BCUT2D eigenvalue weighted by Gasteiger charge is -2.63. The van der Waals surface area contributed by atoms with Crippen molar-refractivity contribution in [3.63, 3.8) is 0 Å². The lowest BCUT2D eigenvalue weighted by atomic mass is 9.41. The minimum absolute atomic E-state index is 0.0698. The van der Waals surface area contributed by atoms with Crippen LogP contribution in [0.2, 0.25) is 0 Å². The Bertz CT molecular complexity index is 970. The van der Waals surface area contributed by atoms with E-state index in [4.69, 9.17) is 5.11 Å². The summed E-state index contributed by atoms with van der Waals surface area (Å²) in [6.07, 6.45) is 11.6. The van der Waals surface area contributed by atoms with E-state index in [9.17, 15) is 14.4 Å². The van der Waals surface area contributed by atoms with Crippen molar-refractivity contribution in [2.75, 3.05) is 0 Å². The van der Waals surface area contributed by atoms with Gasteiger partial charge in [-0.1, -0.05) is 53.2 Å². The Hall–Kier alpha value is -1.71. The molecule has 1 N–H and O–H groups in total. The van der Waals surface area contributed by atoms with Gasteiger partial charge in [0.25, 0.3) is 0 Å². The first-order valence-electron chi connectivity index (χ1n) is 13.4. The van der Waals surface area contributed by atoms with Gasteiger partial charge in [-0.15, -0.1) is 0 Å². The number of Topliss-reactive ketones (excluding diaryl/α,β-unsaturated/α-hetero) is 1. The summed E-state index contributed by atoms with van der Waals surface area (Å²) in [6, 6.07) is 0. The molecule has 3 saturated carbocycles. The Morgan fingerprint density at radius 3 is 2.44 bits per heavy atom. The van der Waals surface area contributed by atoms with E-state index < -0.39 is 5.97 Å². The van der Waals surface area contributed by atoms with Crippen LogP contribution in [0.4, 0.5) is 0 Å². The predicted molar refractivity (Wildman–Crippen MR) is 134 cm³/mol. The lowest BCUT2D eigenvalue weighted by molar-refractivity contribution is -0.146. The predicted octanol–water partition coefficient (Wildman–Crippen LogP) is 6.79. The maximum absolute atomic E-state index is 12.8. The van der Waals surface area contributed by atoms with Crippen LogP contribution in [-0.2, 0) is 14.4 Å². The molecule has 0 spiro atoms. The Morgan fingerprint density at radius 1 is 1.12 bits per heavy atom. The summed E-state index contributed by atoms with van der Waals surface area (Å²) >= 11 is 0. The second kappa shape index (κ2) is 8.17.